The number of carboxylic acid groups (broad SMARTS) is 1. The van der Waals surface area contributed by atoms with E-state index in [4.69, 9.17) is 0 Å². The Morgan fingerprint density at radius 1 is 0.952 bits per heavy atom. The fourth-order valence-corrected chi connectivity index (χ4v) is 7.26. The third-order valence-electron chi connectivity index (χ3n) is 6.92. The van der Waals surface area contributed by atoms with E-state index in [1.807, 2.05) is 6.92 Å². The molecule has 1 aromatic heterocycles. The first kappa shape index (κ1) is 28.7. The zero-order valence-corrected chi connectivity index (χ0v) is 23.6. The van der Waals surface area contributed by atoms with Crippen LogP contribution >= 0.6 is 11.3 Å². The molecule has 2 unspecified atom stereocenters. The first-order valence-corrected chi connectivity index (χ1v) is 14.9. The van der Waals surface area contributed by atoms with Crippen molar-refractivity contribution in [2.75, 3.05) is 4.90 Å². The van der Waals surface area contributed by atoms with E-state index in [-0.39, 0.29) is 31.8 Å². The van der Waals surface area contributed by atoms with Crippen LogP contribution in [0.4, 0.5) is 5.13 Å². The number of hydrogen-bond donors (Lipinski definition) is 1. The zero-order valence-electron chi connectivity index (χ0n) is 22.0. The van der Waals surface area contributed by atoms with Crippen LogP contribution in [-0.4, -0.2) is 48.2 Å². The lowest BCUT2D eigenvalue weighted by Gasteiger charge is -2.25. The Hall–Kier alpha value is -4.81. The number of carbonyl (C=O) groups excluding carboxylic acids is 4. The molecule has 42 heavy (non-hydrogen) atoms. The average molecular weight is 603 g/mol. The van der Waals surface area contributed by atoms with Crippen molar-refractivity contribution in [2.24, 2.45) is 5.92 Å². The smallest absolute Gasteiger partial charge is 0.335 e. The van der Waals surface area contributed by atoms with Crippen molar-refractivity contribution in [1.82, 2.24) is 4.98 Å². The molecule has 212 valence electrons. The van der Waals surface area contributed by atoms with Crippen LogP contribution in [0.3, 0.4) is 0 Å². The molecule has 2 heterocycles. The van der Waals surface area contributed by atoms with Crippen LogP contribution in [0.5, 0.6) is 0 Å². The molecule has 0 radical (unpaired) electrons. The minimum Gasteiger partial charge on any atom is -0.478 e. The number of carboxylic acids is 1. The van der Waals surface area contributed by atoms with Gasteiger partial charge in [-0.25, -0.2) is 18.2 Å². The fraction of sp³-hybridized carbons (Fsp3) is 0.133. The maximum atomic E-state index is 13.6. The van der Waals surface area contributed by atoms with Crippen LogP contribution in [-0.2, 0) is 30.6 Å². The van der Waals surface area contributed by atoms with Gasteiger partial charge in [0, 0.05) is 12.0 Å². The van der Waals surface area contributed by atoms with Crippen molar-refractivity contribution in [3.63, 3.8) is 0 Å². The lowest BCUT2D eigenvalue weighted by molar-refractivity contribution is -0.135. The van der Waals surface area contributed by atoms with Crippen molar-refractivity contribution in [3.8, 4) is 0 Å². The van der Waals surface area contributed by atoms with Gasteiger partial charge in [-0.2, -0.15) is 0 Å². The van der Waals surface area contributed by atoms with E-state index < -0.39 is 45.2 Å². The number of aromatic carboxylic acids is 1. The first-order valence-electron chi connectivity index (χ1n) is 12.6. The number of ketones is 2. The first-order chi connectivity index (χ1) is 20.0. The van der Waals surface area contributed by atoms with Crippen LogP contribution in [0.15, 0.2) is 88.1 Å². The highest BCUT2D eigenvalue weighted by Crippen LogP contribution is 2.43. The van der Waals surface area contributed by atoms with Crippen LogP contribution < -0.4 is 4.90 Å². The Bertz CT molecular complexity index is 1830. The van der Waals surface area contributed by atoms with E-state index >= 15 is 0 Å². The van der Waals surface area contributed by atoms with Gasteiger partial charge in [0.05, 0.1) is 22.7 Å². The number of thiazole rings is 1. The van der Waals surface area contributed by atoms with E-state index in [9.17, 15) is 37.5 Å². The van der Waals surface area contributed by atoms with E-state index in [1.165, 1.54) is 48.5 Å². The standard InChI is InChI=1S/C30H22N2O8S2/c1-17-2-6-20(7-3-17)26(34)24-25(19-8-10-21(11-9-19)29(37)38)32(28(36)27(24)35)30-31-16-23(41-30)42(39,40)22-12-4-18(5-13-22)14-15-33/h2-13,15-16,24-25H,14H2,1H3,(H,37,38). The lowest BCUT2D eigenvalue weighted by atomic mass is 9.86. The molecule has 0 saturated carbocycles. The van der Waals surface area contributed by atoms with E-state index in [1.54, 1.807) is 24.3 Å². The van der Waals surface area contributed by atoms with Gasteiger partial charge in [-0.3, -0.25) is 19.3 Å². The van der Waals surface area contributed by atoms with Crippen molar-refractivity contribution < 1.29 is 37.5 Å². The Labute approximate surface area is 244 Å². The molecule has 1 amide bonds. The third kappa shape index (κ3) is 5.17. The summed E-state index contributed by atoms with van der Waals surface area (Å²) < 4.78 is 26.5. The molecule has 12 heteroatoms. The van der Waals surface area contributed by atoms with Gasteiger partial charge in [-0.1, -0.05) is 65.4 Å². The number of aromatic nitrogens is 1. The summed E-state index contributed by atoms with van der Waals surface area (Å²) in [7, 11) is -4.07. The number of hydrogen-bond acceptors (Lipinski definition) is 9. The van der Waals surface area contributed by atoms with Gasteiger partial charge < -0.3 is 9.90 Å². The molecule has 0 spiro atoms. The van der Waals surface area contributed by atoms with Crippen LogP contribution in [0.2, 0.25) is 0 Å². The second-order valence-corrected chi connectivity index (χ2v) is 12.8. The second kappa shape index (κ2) is 11.2. The highest BCUT2D eigenvalue weighted by molar-refractivity contribution is 7.93. The largest absolute Gasteiger partial charge is 0.478 e. The second-order valence-electron chi connectivity index (χ2n) is 9.60. The molecule has 1 fully saturated rings. The maximum Gasteiger partial charge on any atom is 0.335 e. The number of Topliss-reactive ketones (excluding diaryl/α,β-unsaturated/α-hetero) is 2. The van der Waals surface area contributed by atoms with Crippen molar-refractivity contribution in [1.29, 1.82) is 0 Å². The minimum atomic E-state index is -4.07. The Morgan fingerprint density at radius 2 is 1.57 bits per heavy atom. The highest BCUT2D eigenvalue weighted by atomic mass is 32.2. The molecule has 0 bridgehead atoms. The molecule has 1 aliphatic rings. The van der Waals surface area contributed by atoms with Crippen LogP contribution in [0.25, 0.3) is 0 Å². The number of aldehydes is 1. The molecule has 0 aliphatic carbocycles. The third-order valence-corrected chi connectivity index (χ3v) is 10.1. The Balaban J connectivity index is 1.57. The normalized spacial score (nSPS) is 16.9. The summed E-state index contributed by atoms with van der Waals surface area (Å²) >= 11 is 0.662. The van der Waals surface area contributed by atoms with Gasteiger partial charge in [0.25, 0.3) is 5.91 Å². The number of sulfone groups is 1. The molecule has 1 aliphatic heterocycles. The molecule has 5 rings (SSSR count). The van der Waals surface area contributed by atoms with Crippen molar-refractivity contribution in [2.45, 2.75) is 28.5 Å². The predicted octanol–water partition coefficient (Wildman–Crippen LogP) is 3.88. The summed E-state index contributed by atoms with van der Waals surface area (Å²) in [5.41, 5.74) is 1.99. The monoisotopic (exact) mass is 602 g/mol. The fourth-order valence-electron chi connectivity index (χ4n) is 4.70. The number of anilines is 1. The minimum absolute atomic E-state index is 0.0378. The number of carbonyl (C=O) groups is 5. The summed E-state index contributed by atoms with van der Waals surface area (Å²) in [6.07, 6.45) is 1.91. The number of amides is 1. The maximum absolute atomic E-state index is 13.6. The van der Waals surface area contributed by atoms with Gasteiger partial charge in [-0.05, 0) is 42.3 Å². The summed E-state index contributed by atoms with van der Waals surface area (Å²) in [6, 6.07) is 16.5. The van der Waals surface area contributed by atoms with Gasteiger partial charge in [0.15, 0.2) is 10.9 Å². The quantitative estimate of drug-likeness (QED) is 0.130. The molecule has 2 atom stereocenters. The molecule has 3 aromatic carbocycles. The molecular formula is C30H22N2O8S2. The highest BCUT2D eigenvalue weighted by Gasteiger charge is 2.53. The molecule has 10 nitrogen and oxygen atoms in total. The number of benzene rings is 3. The van der Waals surface area contributed by atoms with Gasteiger partial charge in [0.1, 0.15) is 16.4 Å². The van der Waals surface area contributed by atoms with Crippen molar-refractivity contribution >= 4 is 56.0 Å². The zero-order chi connectivity index (χ0) is 30.2. The van der Waals surface area contributed by atoms with Crippen molar-refractivity contribution in [3.05, 3.63) is 107 Å². The van der Waals surface area contributed by atoms with Gasteiger partial charge >= 0.3 is 5.97 Å². The predicted molar refractivity (Wildman–Crippen MR) is 151 cm³/mol. The topological polar surface area (TPSA) is 156 Å². The summed E-state index contributed by atoms with van der Waals surface area (Å²) in [4.78, 5) is 67.7. The summed E-state index contributed by atoms with van der Waals surface area (Å²) in [5.74, 6) is -5.30. The van der Waals surface area contributed by atoms with Crippen LogP contribution in [0.1, 0.15) is 43.4 Å². The number of aryl methyl sites for hydroxylation is 1. The number of nitrogens with zero attached hydrogens (tertiary/aromatic N) is 2. The Morgan fingerprint density at radius 3 is 2.17 bits per heavy atom. The van der Waals surface area contributed by atoms with Gasteiger partial charge in [-0.15, -0.1) is 0 Å². The molecule has 1 saturated heterocycles. The molecule has 1 N–H and O–H groups in total. The van der Waals surface area contributed by atoms with E-state index in [0.29, 0.717) is 28.7 Å². The SMILES string of the molecule is Cc1ccc(C(=O)C2C(=O)C(=O)N(c3ncc(S(=O)(=O)c4ccc(CC=O)cc4)s3)C2c2ccc(C(=O)O)cc2)cc1. The Kier molecular flexibility index (Phi) is 7.67. The molecule has 4 aromatic rings. The number of rotatable bonds is 9. The summed E-state index contributed by atoms with van der Waals surface area (Å²) in [6.45, 7) is 1.83. The van der Waals surface area contributed by atoms with E-state index in [2.05, 4.69) is 4.98 Å². The lowest BCUT2D eigenvalue weighted by Crippen LogP contribution is -2.30. The van der Waals surface area contributed by atoms with Crippen LogP contribution in [0, 0.1) is 12.8 Å². The molecular weight excluding hydrogens is 580 g/mol. The average Bonchev–Trinajstić information content (AvgIpc) is 3.57. The van der Waals surface area contributed by atoms with E-state index in [0.717, 1.165) is 16.7 Å². The van der Waals surface area contributed by atoms with Gasteiger partial charge in [0.2, 0.25) is 15.6 Å². The summed E-state index contributed by atoms with van der Waals surface area (Å²) in [5, 5.41) is 9.21.